The molecule has 1 saturated carbocycles. The summed E-state index contributed by atoms with van der Waals surface area (Å²) >= 11 is 0. The van der Waals surface area contributed by atoms with Crippen molar-refractivity contribution in [2.75, 3.05) is 26.2 Å². The van der Waals surface area contributed by atoms with Crippen LogP contribution in [0.25, 0.3) is 0 Å². The Hall–Kier alpha value is -2.04. The largest absolute Gasteiger partial charge is 0.357 e. The molecule has 0 bridgehead atoms. The van der Waals surface area contributed by atoms with E-state index in [1.54, 1.807) is 0 Å². The molecule has 0 spiro atoms. The first kappa shape index (κ1) is 20.2. The molecule has 2 unspecified atom stereocenters. The normalized spacial score (nSPS) is 25.1. The number of carbonyl (C=O) groups is 1. The quantitative estimate of drug-likeness (QED) is 0.592. The summed E-state index contributed by atoms with van der Waals surface area (Å²) < 4.78 is 0. The zero-order valence-corrected chi connectivity index (χ0v) is 17.8. The third-order valence-corrected chi connectivity index (χ3v) is 6.85. The van der Waals surface area contributed by atoms with Crippen LogP contribution in [0.1, 0.15) is 68.9 Å². The molecule has 1 amide bonds. The zero-order valence-electron chi connectivity index (χ0n) is 17.8. The molecule has 158 valence electrons. The number of guanidine groups is 1. The number of nitrogens with zero attached hydrogens (tertiary/aromatic N) is 2. The van der Waals surface area contributed by atoms with E-state index in [2.05, 4.69) is 46.7 Å². The van der Waals surface area contributed by atoms with Crippen LogP contribution in [0.5, 0.6) is 0 Å². The maximum absolute atomic E-state index is 12.7. The van der Waals surface area contributed by atoms with Gasteiger partial charge < -0.3 is 15.5 Å². The minimum absolute atomic E-state index is 0.280. The highest BCUT2D eigenvalue weighted by molar-refractivity contribution is 5.81. The van der Waals surface area contributed by atoms with E-state index in [1.807, 2.05) is 0 Å². The number of aliphatic imine (C=N–C) groups is 1. The second-order valence-electron chi connectivity index (χ2n) is 8.90. The van der Waals surface area contributed by atoms with Gasteiger partial charge in [-0.15, -0.1) is 0 Å². The van der Waals surface area contributed by atoms with E-state index >= 15 is 0 Å². The number of fused-ring (bicyclic) bond motifs is 1. The Labute approximate surface area is 175 Å². The van der Waals surface area contributed by atoms with Crippen molar-refractivity contribution in [2.24, 2.45) is 10.9 Å². The Morgan fingerprint density at radius 2 is 1.97 bits per heavy atom. The Balaban J connectivity index is 1.34. The summed E-state index contributed by atoms with van der Waals surface area (Å²) in [5.41, 5.74) is 2.97. The van der Waals surface area contributed by atoms with Gasteiger partial charge in [-0.2, -0.15) is 0 Å². The summed E-state index contributed by atoms with van der Waals surface area (Å²) in [6.07, 6.45) is 9.27. The number of benzene rings is 1. The van der Waals surface area contributed by atoms with Gasteiger partial charge in [0.15, 0.2) is 5.96 Å². The highest BCUT2D eigenvalue weighted by Gasteiger charge is 2.32. The van der Waals surface area contributed by atoms with Crippen molar-refractivity contribution in [1.29, 1.82) is 0 Å². The van der Waals surface area contributed by atoms with Crippen molar-refractivity contribution in [3.8, 4) is 0 Å². The lowest BCUT2D eigenvalue weighted by Crippen LogP contribution is -2.45. The molecule has 1 aromatic carbocycles. The van der Waals surface area contributed by atoms with Crippen LogP contribution in [-0.4, -0.2) is 49.0 Å². The number of nitrogens with one attached hydrogen (secondary N) is 2. The SMILES string of the molecule is CCNC(=NCC1CCCc2ccccc21)NC1CCN(C(=O)C2CCCC2)C1. The third-order valence-electron chi connectivity index (χ3n) is 6.85. The second kappa shape index (κ2) is 9.64. The number of rotatable bonds is 5. The average molecular weight is 397 g/mol. The minimum Gasteiger partial charge on any atom is -0.357 e. The first-order chi connectivity index (χ1) is 14.2. The fourth-order valence-corrected chi connectivity index (χ4v) is 5.27. The summed E-state index contributed by atoms with van der Waals surface area (Å²) in [5.74, 6) is 2.07. The summed E-state index contributed by atoms with van der Waals surface area (Å²) in [7, 11) is 0. The molecule has 1 saturated heterocycles. The van der Waals surface area contributed by atoms with Crippen molar-refractivity contribution in [1.82, 2.24) is 15.5 Å². The summed E-state index contributed by atoms with van der Waals surface area (Å²) in [5, 5.41) is 7.01. The van der Waals surface area contributed by atoms with E-state index in [0.717, 1.165) is 51.4 Å². The first-order valence-electron chi connectivity index (χ1n) is 11.7. The molecule has 0 aromatic heterocycles. The van der Waals surface area contributed by atoms with Gasteiger partial charge in [-0.05, 0) is 56.6 Å². The Bertz CT molecular complexity index is 725. The molecule has 2 atom stereocenters. The number of amides is 1. The molecule has 2 fully saturated rings. The predicted molar refractivity (Wildman–Crippen MR) is 118 cm³/mol. The van der Waals surface area contributed by atoms with Gasteiger partial charge >= 0.3 is 0 Å². The standard InChI is InChI=1S/C24H36N4O/c1-2-25-24(26-16-20-12-7-11-18-8-5-6-13-22(18)20)27-21-14-15-28(17-21)23(29)19-9-3-4-10-19/h5-6,8,13,19-21H,2-4,7,9-12,14-17H2,1H3,(H2,25,26,27). The molecule has 2 N–H and O–H groups in total. The Kier molecular flexibility index (Phi) is 6.73. The van der Waals surface area contributed by atoms with Crippen LogP contribution in [0.3, 0.4) is 0 Å². The van der Waals surface area contributed by atoms with Crippen LogP contribution in [0.4, 0.5) is 0 Å². The van der Waals surface area contributed by atoms with E-state index in [0.29, 0.717) is 17.9 Å². The van der Waals surface area contributed by atoms with Crippen molar-refractivity contribution in [3.63, 3.8) is 0 Å². The first-order valence-corrected chi connectivity index (χ1v) is 11.7. The fraction of sp³-hybridized carbons (Fsp3) is 0.667. The number of carbonyl (C=O) groups excluding carboxylic acids is 1. The molecular weight excluding hydrogens is 360 g/mol. The fourth-order valence-electron chi connectivity index (χ4n) is 5.27. The van der Waals surface area contributed by atoms with Gasteiger partial charge in [0.05, 0.1) is 0 Å². The maximum Gasteiger partial charge on any atom is 0.225 e. The van der Waals surface area contributed by atoms with Gasteiger partial charge in [0, 0.05) is 44.1 Å². The minimum atomic E-state index is 0.280. The van der Waals surface area contributed by atoms with Crippen molar-refractivity contribution >= 4 is 11.9 Å². The maximum atomic E-state index is 12.7. The lowest BCUT2D eigenvalue weighted by molar-refractivity contribution is -0.134. The predicted octanol–water partition coefficient (Wildman–Crippen LogP) is 3.45. The van der Waals surface area contributed by atoms with Crippen LogP contribution >= 0.6 is 0 Å². The van der Waals surface area contributed by atoms with Crippen LogP contribution in [-0.2, 0) is 11.2 Å². The Morgan fingerprint density at radius 3 is 2.79 bits per heavy atom. The van der Waals surface area contributed by atoms with E-state index in [1.165, 1.54) is 43.2 Å². The van der Waals surface area contributed by atoms with Crippen LogP contribution in [0, 0.1) is 5.92 Å². The molecule has 5 heteroatoms. The smallest absolute Gasteiger partial charge is 0.225 e. The monoisotopic (exact) mass is 396 g/mol. The lowest BCUT2D eigenvalue weighted by Gasteiger charge is -2.25. The Morgan fingerprint density at radius 1 is 1.14 bits per heavy atom. The zero-order chi connectivity index (χ0) is 20.1. The number of hydrogen-bond acceptors (Lipinski definition) is 2. The van der Waals surface area contributed by atoms with Gasteiger partial charge in [0.2, 0.25) is 5.91 Å². The molecule has 3 aliphatic rings. The van der Waals surface area contributed by atoms with Gasteiger partial charge in [0.25, 0.3) is 0 Å². The molecule has 0 radical (unpaired) electrons. The van der Waals surface area contributed by atoms with Crippen LogP contribution in [0.2, 0.25) is 0 Å². The molecule has 1 aromatic rings. The summed E-state index contributed by atoms with van der Waals surface area (Å²) in [6, 6.07) is 9.15. The van der Waals surface area contributed by atoms with E-state index < -0.39 is 0 Å². The van der Waals surface area contributed by atoms with Crippen LogP contribution < -0.4 is 10.6 Å². The molecule has 4 rings (SSSR count). The van der Waals surface area contributed by atoms with E-state index in [4.69, 9.17) is 4.99 Å². The molecule has 1 heterocycles. The highest BCUT2D eigenvalue weighted by Crippen LogP contribution is 2.31. The van der Waals surface area contributed by atoms with Crippen LogP contribution in [0.15, 0.2) is 29.3 Å². The second-order valence-corrected chi connectivity index (χ2v) is 8.90. The van der Waals surface area contributed by atoms with Gasteiger partial charge in [-0.3, -0.25) is 9.79 Å². The number of aryl methyl sites for hydroxylation is 1. The van der Waals surface area contributed by atoms with Gasteiger partial charge in [-0.25, -0.2) is 0 Å². The number of hydrogen-bond donors (Lipinski definition) is 2. The average Bonchev–Trinajstić information content (AvgIpc) is 3.44. The van der Waals surface area contributed by atoms with Gasteiger partial charge in [-0.1, -0.05) is 37.1 Å². The van der Waals surface area contributed by atoms with Crippen molar-refractivity contribution in [2.45, 2.75) is 70.3 Å². The van der Waals surface area contributed by atoms with E-state index in [9.17, 15) is 4.79 Å². The molecular formula is C24H36N4O. The summed E-state index contributed by atoms with van der Waals surface area (Å²) in [6.45, 7) is 5.47. The van der Waals surface area contributed by atoms with Crippen molar-refractivity contribution < 1.29 is 4.79 Å². The summed E-state index contributed by atoms with van der Waals surface area (Å²) in [4.78, 5) is 19.7. The third kappa shape index (κ3) is 4.93. The van der Waals surface area contributed by atoms with Gasteiger partial charge in [0.1, 0.15) is 0 Å². The molecule has 29 heavy (non-hydrogen) atoms. The number of likely N-dealkylation sites (tertiary alicyclic amines) is 1. The van der Waals surface area contributed by atoms with Crippen molar-refractivity contribution in [3.05, 3.63) is 35.4 Å². The molecule has 2 aliphatic carbocycles. The van der Waals surface area contributed by atoms with E-state index in [-0.39, 0.29) is 5.92 Å². The highest BCUT2D eigenvalue weighted by atomic mass is 16.2. The lowest BCUT2D eigenvalue weighted by atomic mass is 9.83. The topological polar surface area (TPSA) is 56.7 Å². The molecule has 5 nitrogen and oxygen atoms in total. The molecule has 1 aliphatic heterocycles.